The molecule has 0 bridgehead atoms. The lowest BCUT2D eigenvalue weighted by molar-refractivity contribution is 0.389. The van der Waals surface area contributed by atoms with Crippen LogP contribution in [-0.2, 0) is 6.42 Å². The third kappa shape index (κ3) is 4.83. The highest BCUT2D eigenvalue weighted by Crippen LogP contribution is 2.24. The van der Waals surface area contributed by atoms with Crippen molar-refractivity contribution < 1.29 is 0 Å². The first-order valence-corrected chi connectivity index (χ1v) is 7.24. The molecule has 0 saturated heterocycles. The second kappa shape index (κ2) is 7.40. The van der Waals surface area contributed by atoms with E-state index in [2.05, 4.69) is 51.1 Å². The van der Waals surface area contributed by atoms with Gasteiger partial charge in [0.05, 0.1) is 6.07 Å². The predicted octanol–water partition coefficient (Wildman–Crippen LogP) is 4.53. The van der Waals surface area contributed by atoms with Gasteiger partial charge in [-0.05, 0) is 41.7 Å². The molecule has 0 aliphatic carbocycles. The van der Waals surface area contributed by atoms with E-state index in [1.54, 1.807) is 0 Å². The van der Waals surface area contributed by atoms with Crippen LogP contribution in [0.15, 0.2) is 29.2 Å². The van der Waals surface area contributed by atoms with Crippen LogP contribution < -0.4 is 0 Å². The summed E-state index contributed by atoms with van der Waals surface area (Å²) >= 11 is 1.87. The molecule has 17 heavy (non-hydrogen) atoms. The van der Waals surface area contributed by atoms with E-state index in [4.69, 9.17) is 5.26 Å². The Morgan fingerprint density at radius 2 is 2.12 bits per heavy atom. The van der Waals surface area contributed by atoms with Gasteiger partial charge in [0.25, 0.3) is 0 Å². The highest BCUT2D eigenvalue weighted by molar-refractivity contribution is 7.99. The second-order valence-corrected chi connectivity index (χ2v) is 5.99. The Kier molecular flexibility index (Phi) is 6.15. The summed E-state index contributed by atoms with van der Waals surface area (Å²) in [5.41, 5.74) is 1.36. The molecule has 92 valence electrons. The van der Waals surface area contributed by atoms with Gasteiger partial charge in [-0.25, -0.2) is 0 Å². The van der Waals surface area contributed by atoms with E-state index in [9.17, 15) is 0 Å². The molecular formula is C15H21NS. The largest absolute Gasteiger partial charge is 0.198 e. The SMILES string of the molecule is CCSc1cccc(CC(CC#N)C(C)C)c1. The summed E-state index contributed by atoms with van der Waals surface area (Å²) < 4.78 is 0. The minimum atomic E-state index is 0.474. The molecule has 2 heteroatoms. The van der Waals surface area contributed by atoms with E-state index in [0.717, 1.165) is 12.2 Å². The fourth-order valence-electron chi connectivity index (χ4n) is 1.89. The quantitative estimate of drug-likeness (QED) is 0.690. The lowest BCUT2D eigenvalue weighted by Crippen LogP contribution is -2.11. The van der Waals surface area contributed by atoms with E-state index in [1.807, 2.05) is 11.8 Å². The number of nitriles is 1. The highest BCUT2D eigenvalue weighted by atomic mass is 32.2. The lowest BCUT2D eigenvalue weighted by Gasteiger charge is -2.18. The van der Waals surface area contributed by atoms with Gasteiger partial charge in [0.15, 0.2) is 0 Å². The van der Waals surface area contributed by atoms with Crippen molar-refractivity contribution >= 4 is 11.8 Å². The maximum absolute atomic E-state index is 8.85. The van der Waals surface area contributed by atoms with Crippen molar-refractivity contribution in [2.75, 3.05) is 5.75 Å². The standard InChI is InChI=1S/C15H21NS/c1-4-17-15-7-5-6-13(11-15)10-14(8-9-16)12(2)3/h5-7,11-12,14H,4,8,10H2,1-3H3. The Balaban J connectivity index is 2.72. The predicted molar refractivity (Wildman–Crippen MR) is 75.1 cm³/mol. The van der Waals surface area contributed by atoms with Crippen molar-refractivity contribution in [1.82, 2.24) is 0 Å². The summed E-state index contributed by atoms with van der Waals surface area (Å²) in [5.74, 6) is 2.15. The van der Waals surface area contributed by atoms with Crippen LogP contribution in [0.3, 0.4) is 0 Å². The maximum atomic E-state index is 8.85. The molecular weight excluding hydrogens is 226 g/mol. The van der Waals surface area contributed by atoms with Gasteiger partial charge in [-0.3, -0.25) is 0 Å². The first-order chi connectivity index (χ1) is 8.17. The lowest BCUT2D eigenvalue weighted by atomic mass is 9.87. The smallest absolute Gasteiger partial charge is 0.0624 e. The van der Waals surface area contributed by atoms with Crippen LogP contribution in [0, 0.1) is 23.2 Å². The monoisotopic (exact) mass is 247 g/mol. The molecule has 1 atom stereocenters. The van der Waals surface area contributed by atoms with Gasteiger partial charge >= 0.3 is 0 Å². The van der Waals surface area contributed by atoms with Crippen molar-refractivity contribution in [3.05, 3.63) is 29.8 Å². The molecule has 0 aliphatic rings. The molecule has 0 heterocycles. The fourth-order valence-corrected chi connectivity index (χ4v) is 2.64. The van der Waals surface area contributed by atoms with Crippen LogP contribution >= 0.6 is 11.8 Å². The average Bonchev–Trinajstić information content (AvgIpc) is 2.29. The zero-order chi connectivity index (χ0) is 12.7. The molecule has 0 fully saturated rings. The molecule has 1 aromatic rings. The van der Waals surface area contributed by atoms with Gasteiger partial charge in [0.1, 0.15) is 0 Å². The van der Waals surface area contributed by atoms with Crippen LogP contribution in [0.5, 0.6) is 0 Å². The molecule has 0 spiro atoms. The summed E-state index contributed by atoms with van der Waals surface area (Å²) in [4.78, 5) is 1.34. The van der Waals surface area contributed by atoms with E-state index < -0.39 is 0 Å². The van der Waals surface area contributed by atoms with Crippen molar-refractivity contribution in [2.24, 2.45) is 11.8 Å². The summed E-state index contributed by atoms with van der Waals surface area (Å²) in [6, 6.07) is 11.0. The number of hydrogen-bond acceptors (Lipinski definition) is 2. The van der Waals surface area contributed by atoms with Crippen molar-refractivity contribution in [3.63, 3.8) is 0 Å². The zero-order valence-electron chi connectivity index (χ0n) is 10.9. The molecule has 0 amide bonds. The van der Waals surface area contributed by atoms with Crippen LogP contribution in [0.4, 0.5) is 0 Å². The average molecular weight is 247 g/mol. The number of thioether (sulfide) groups is 1. The molecule has 1 nitrogen and oxygen atoms in total. The van der Waals surface area contributed by atoms with E-state index in [-0.39, 0.29) is 0 Å². The number of benzene rings is 1. The molecule has 0 aromatic heterocycles. The minimum Gasteiger partial charge on any atom is -0.198 e. The van der Waals surface area contributed by atoms with Crippen molar-refractivity contribution in [3.8, 4) is 6.07 Å². The molecule has 0 N–H and O–H groups in total. The summed E-state index contributed by atoms with van der Waals surface area (Å²) in [5, 5.41) is 8.85. The van der Waals surface area contributed by atoms with Crippen LogP contribution in [0.1, 0.15) is 32.8 Å². The molecule has 1 rings (SSSR count). The number of rotatable bonds is 6. The minimum absolute atomic E-state index is 0.474. The van der Waals surface area contributed by atoms with E-state index in [1.165, 1.54) is 10.5 Å². The molecule has 1 unspecified atom stereocenters. The van der Waals surface area contributed by atoms with Gasteiger partial charge in [0, 0.05) is 11.3 Å². The second-order valence-electron chi connectivity index (χ2n) is 4.65. The van der Waals surface area contributed by atoms with Crippen molar-refractivity contribution in [1.29, 1.82) is 5.26 Å². The van der Waals surface area contributed by atoms with Gasteiger partial charge in [-0.15, -0.1) is 11.8 Å². The first kappa shape index (κ1) is 14.1. The van der Waals surface area contributed by atoms with Crippen molar-refractivity contribution in [2.45, 2.75) is 38.5 Å². The Bertz CT molecular complexity index is 379. The van der Waals surface area contributed by atoms with Gasteiger partial charge < -0.3 is 0 Å². The Labute approximate surface area is 109 Å². The highest BCUT2D eigenvalue weighted by Gasteiger charge is 2.13. The van der Waals surface area contributed by atoms with E-state index >= 15 is 0 Å². The molecule has 0 radical (unpaired) electrons. The van der Waals surface area contributed by atoms with Gasteiger partial charge in [0.2, 0.25) is 0 Å². The Hall–Kier alpha value is -0.940. The summed E-state index contributed by atoms with van der Waals surface area (Å²) in [7, 11) is 0. The number of hydrogen-bond donors (Lipinski definition) is 0. The summed E-state index contributed by atoms with van der Waals surface area (Å²) in [6.45, 7) is 6.57. The van der Waals surface area contributed by atoms with Crippen LogP contribution in [0.25, 0.3) is 0 Å². The van der Waals surface area contributed by atoms with Gasteiger partial charge in [-0.1, -0.05) is 32.9 Å². The third-order valence-electron chi connectivity index (χ3n) is 3.00. The van der Waals surface area contributed by atoms with Crippen LogP contribution in [-0.4, -0.2) is 5.75 Å². The molecule has 0 aliphatic heterocycles. The molecule has 0 saturated carbocycles. The third-order valence-corrected chi connectivity index (χ3v) is 3.88. The number of nitrogens with zero attached hydrogens (tertiary/aromatic N) is 1. The zero-order valence-corrected chi connectivity index (χ0v) is 11.8. The summed E-state index contributed by atoms with van der Waals surface area (Å²) in [6.07, 6.45) is 1.67. The Morgan fingerprint density at radius 1 is 1.35 bits per heavy atom. The van der Waals surface area contributed by atoms with Gasteiger partial charge in [-0.2, -0.15) is 5.26 Å². The molecule has 1 aromatic carbocycles. The van der Waals surface area contributed by atoms with E-state index in [0.29, 0.717) is 18.3 Å². The topological polar surface area (TPSA) is 23.8 Å². The first-order valence-electron chi connectivity index (χ1n) is 6.26. The normalized spacial score (nSPS) is 12.4. The Morgan fingerprint density at radius 3 is 2.71 bits per heavy atom. The maximum Gasteiger partial charge on any atom is 0.0624 e. The fraction of sp³-hybridized carbons (Fsp3) is 0.533. The van der Waals surface area contributed by atoms with Crippen LogP contribution in [0.2, 0.25) is 0 Å².